The zero-order valence-corrected chi connectivity index (χ0v) is 11.0. The number of rotatable bonds is 7. The number of carboxylic acids is 1. The van der Waals surface area contributed by atoms with Gasteiger partial charge in [0.15, 0.2) is 0 Å². The van der Waals surface area contributed by atoms with E-state index in [2.05, 4.69) is 15.5 Å². The van der Waals surface area contributed by atoms with Crippen LogP contribution in [0.25, 0.3) is 0 Å². The molecular weight excluding hydrogens is 218 g/mol. The Morgan fingerprint density at radius 3 is 2.65 bits per heavy atom. The lowest BCUT2D eigenvalue weighted by atomic mass is 9.96. The van der Waals surface area contributed by atoms with E-state index in [0.29, 0.717) is 6.42 Å². The largest absolute Gasteiger partial charge is 0.480 e. The molecule has 17 heavy (non-hydrogen) atoms. The Morgan fingerprint density at radius 2 is 2.12 bits per heavy atom. The molecule has 1 aliphatic heterocycles. The van der Waals surface area contributed by atoms with Gasteiger partial charge in [0.2, 0.25) is 0 Å². The molecule has 1 saturated heterocycles. The molecule has 3 N–H and O–H groups in total. The number of carbonyl (C=O) groups is 1. The first kappa shape index (κ1) is 14.4. The van der Waals surface area contributed by atoms with E-state index >= 15 is 0 Å². The Balaban J connectivity index is 2.28. The molecule has 0 bridgehead atoms. The van der Waals surface area contributed by atoms with Crippen LogP contribution in [0.2, 0.25) is 0 Å². The predicted molar refractivity (Wildman–Crippen MR) is 68.3 cm³/mol. The number of nitrogens with one attached hydrogen (secondary N) is 2. The van der Waals surface area contributed by atoms with Crippen LogP contribution < -0.4 is 10.6 Å². The van der Waals surface area contributed by atoms with E-state index in [9.17, 15) is 9.90 Å². The molecular formula is C12H25N3O2. The summed E-state index contributed by atoms with van der Waals surface area (Å²) >= 11 is 0. The molecule has 0 spiro atoms. The average Bonchev–Trinajstić information content (AvgIpc) is 2.30. The quantitative estimate of drug-likeness (QED) is 0.593. The van der Waals surface area contributed by atoms with Crippen LogP contribution in [0.3, 0.4) is 0 Å². The van der Waals surface area contributed by atoms with Crippen molar-refractivity contribution in [2.75, 3.05) is 39.3 Å². The molecule has 0 saturated carbocycles. The van der Waals surface area contributed by atoms with Gasteiger partial charge in [-0.05, 0) is 13.3 Å². The van der Waals surface area contributed by atoms with Gasteiger partial charge in [-0.2, -0.15) is 0 Å². The van der Waals surface area contributed by atoms with Crippen molar-refractivity contribution in [1.29, 1.82) is 0 Å². The monoisotopic (exact) mass is 243 g/mol. The standard InChI is InChI=1S/C12H25N3O2/c1-3-4-12(2,11(16)17)14-7-10-15-8-5-13-6-9-15/h13-14H,3-10H2,1-2H3,(H,16,17). The lowest BCUT2D eigenvalue weighted by Crippen LogP contribution is -2.53. The van der Waals surface area contributed by atoms with Gasteiger partial charge in [0.25, 0.3) is 0 Å². The Bertz CT molecular complexity index is 242. The molecule has 1 heterocycles. The third kappa shape index (κ3) is 4.61. The van der Waals surface area contributed by atoms with Gasteiger partial charge >= 0.3 is 5.97 Å². The Labute approximate surface area is 104 Å². The van der Waals surface area contributed by atoms with Crippen molar-refractivity contribution in [1.82, 2.24) is 15.5 Å². The van der Waals surface area contributed by atoms with Crippen LogP contribution in [-0.2, 0) is 4.79 Å². The SMILES string of the molecule is CCCC(C)(NCCN1CCNCC1)C(=O)O. The average molecular weight is 243 g/mol. The Hall–Kier alpha value is -0.650. The molecule has 0 amide bonds. The van der Waals surface area contributed by atoms with Crippen molar-refractivity contribution >= 4 is 5.97 Å². The Kier molecular flexibility index (Phi) is 5.88. The van der Waals surface area contributed by atoms with Crippen LogP contribution in [0.1, 0.15) is 26.7 Å². The highest BCUT2D eigenvalue weighted by atomic mass is 16.4. The Morgan fingerprint density at radius 1 is 1.47 bits per heavy atom. The summed E-state index contributed by atoms with van der Waals surface area (Å²) in [6.07, 6.45) is 1.55. The fourth-order valence-electron chi connectivity index (χ4n) is 2.20. The molecule has 0 aliphatic carbocycles. The summed E-state index contributed by atoms with van der Waals surface area (Å²) in [5.41, 5.74) is -0.775. The van der Waals surface area contributed by atoms with E-state index in [-0.39, 0.29) is 0 Å². The molecule has 0 aromatic heterocycles. The summed E-state index contributed by atoms with van der Waals surface area (Å²) in [6, 6.07) is 0. The number of nitrogens with zero attached hydrogens (tertiary/aromatic N) is 1. The lowest BCUT2D eigenvalue weighted by molar-refractivity contribution is -0.144. The maximum atomic E-state index is 11.2. The van der Waals surface area contributed by atoms with Gasteiger partial charge in [-0.15, -0.1) is 0 Å². The smallest absolute Gasteiger partial charge is 0.323 e. The fraction of sp³-hybridized carbons (Fsp3) is 0.917. The van der Waals surface area contributed by atoms with E-state index < -0.39 is 11.5 Å². The first-order valence-corrected chi connectivity index (χ1v) is 6.50. The van der Waals surface area contributed by atoms with Crippen LogP contribution in [0.15, 0.2) is 0 Å². The summed E-state index contributed by atoms with van der Waals surface area (Å²) in [5, 5.41) is 15.7. The molecule has 0 aromatic carbocycles. The molecule has 0 radical (unpaired) electrons. The number of hydrogen-bond acceptors (Lipinski definition) is 4. The zero-order valence-electron chi connectivity index (χ0n) is 11.0. The first-order chi connectivity index (χ1) is 8.08. The van der Waals surface area contributed by atoms with Gasteiger partial charge < -0.3 is 15.7 Å². The van der Waals surface area contributed by atoms with Gasteiger partial charge in [0.1, 0.15) is 5.54 Å². The number of hydrogen-bond donors (Lipinski definition) is 3. The van der Waals surface area contributed by atoms with Crippen molar-refractivity contribution in [3.63, 3.8) is 0 Å². The van der Waals surface area contributed by atoms with Crippen molar-refractivity contribution in [3.05, 3.63) is 0 Å². The van der Waals surface area contributed by atoms with E-state index in [4.69, 9.17) is 0 Å². The van der Waals surface area contributed by atoms with Gasteiger partial charge in [-0.3, -0.25) is 9.69 Å². The van der Waals surface area contributed by atoms with Crippen molar-refractivity contribution in [2.45, 2.75) is 32.2 Å². The fourth-order valence-corrected chi connectivity index (χ4v) is 2.20. The molecule has 0 aromatic rings. The highest BCUT2D eigenvalue weighted by Crippen LogP contribution is 2.12. The van der Waals surface area contributed by atoms with E-state index in [1.807, 2.05) is 6.92 Å². The predicted octanol–water partition coefficient (Wildman–Crippen LogP) is 0.125. The van der Waals surface area contributed by atoms with Gasteiger partial charge in [-0.1, -0.05) is 13.3 Å². The molecule has 5 heteroatoms. The number of piperazine rings is 1. The molecule has 1 atom stereocenters. The zero-order chi connectivity index (χ0) is 12.7. The van der Waals surface area contributed by atoms with Crippen molar-refractivity contribution < 1.29 is 9.90 Å². The maximum absolute atomic E-state index is 11.2. The van der Waals surface area contributed by atoms with Gasteiger partial charge in [0, 0.05) is 39.3 Å². The summed E-state index contributed by atoms with van der Waals surface area (Å²) < 4.78 is 0. The third-order valence-electron chi connectivity index (χ3n) is 3.37. The molecule has 100 valence electrons. The van der Waals surface area contributed by atoms with Crippen LogP contribution in [0, 0.1) is 0 Å². The maximum Gasteiger partial charge on any atom is 0.323 e. The van der Waals surface area contributed by atoms with Crippen LogP contribution in [0.5, 0.6) is 0 Å². The summed E-state index contributed by atoms with van der Waals surface area (Å²) in [5.74, 6) is -0.750. The van der Waals surface area contributed by atoms with Crippen LogP contribution in [0.4, 0.5) is 0 Å². The summed E-state index contributed by atoms with van der Waals surface area (Å²) in [7, 11) is 0. The van der Waals surface area contributed by atoms with Crippen molar-refractivity contribution in [3.8, 4) is 0 Å². The number of carboxylic acid groups (broad SMARTS) is 1. The minimum absolute atomic E-state index is 0.671. The lowest BCUT2D eigenvalue weighted by Gasteiger charge is -2.30. The van der Waals surface area contributed by atoms with E-state index in [1.54, 1.807) is 6.92 Å². The molecule has 5 nitrogen and oxygen atoms in total. The van der Waals surface area contributed by atoms with Crippen LogP contribution >= 0.6 is 0 Å². The normalized spacial score (nSPS) is 21.1. The summed E-state index contributed by atoms with van der Waals surface area (Å²) in [4.78, 5) is 13.6. The van der Waals surface area contributed by atoms with E-state index in [0.717, 1.165) is 45.7 Å². The van der Waals surface area contributed by atoms with Gasteiger partial charge in [-0.25, -0.2) is 0 Å². The first-order valence-electron chi connectivity index (χ1n) is 6.50. The summed E-state index contributed by atoms with van der Waals surface area (Å²) in [6.45, 7) is 9.63. The topological polar surface area (TPSA) is 64.6 Å². The molecule has 1 unspecified atom stereocenters. The molecule has 1 rings (SSSR count). The number of aliphatic carboxylic acids is 1. The molecule has 1 aliphatic rings. The third-order valence-corrected chi connectivity index (χ3v) is 3.37. The molecule has 1 fully saturated rings. The highest BCUT2D eigenvalue weighted by Gasteiger charge is 2.31. The second-order valence-corrected chi connectivity index (χ2v) is 4.91. The minimum Gasteiger partial charge on any atom is -0.480 e. The van der Waals surface area contributed by atoms with Crippen LogP contribution in [-0.4, -0.2) is 60.8 Å². The van der Waals surface area contributed by atoms with Gasteiger partial charge in [0.05, 0.1) is 0 Å². The second-order valence-electron chi connectivity index (χ2n) is 4.91. The minimum atomic E-state index is -0.775. The van der Waals surface area contributed by atoms with E-state index in [1.165, 1.54) is 0 Å². The second kappa shape index (κ2) is 6.93. The van der Waals surface area contributed by atoms with Crippen molar-refractivity contribution in [2.24, 2.45) is 0 Å². The highest BCUT2D eigenvalue weighted by molar-refractivity contribution is 5.78.